The maximum atomic E-state index is 13.0. The van der Waals surface area contributed by atoms with Crippen LogP contribution in [0.2, 0.25) is 0 Å². The molecule has 0 aromatic heterocycles. The molecule has 0 spiro atoms. The van der Waals surface area contributed by atoms with Gasteiger partial charge in [0.15, 0.2) is 0 Å². The Morgan fingerprint density at radius 2 is 0.773 bits per heavy atom. The average Bonchev–Trinajstić information content (AvgIpc) is 3.37. The molecule has 0 aromatic carbocycles. The Kier molecular flexibility index (Phi) is 56.9. The van der Waals surface area contributed by atoms with Crippen molar-refractivity contribution in [2.45, 2.75) is 353 Å². The zero-order valence-electron chi connectivity index (χ0n) is 51.0. The number of nitrogens with one attached hydrogen (secondary N) is 1. The van der Waals surface area contributed by atoms with Crippen molar-refractivity contribution in [3.8, 4) is 0 Å². The number of unbranched alkanes of at least 4 members (excludes halogenated alkanes) is 45. The normalized spacial score (nSPS) is 13.9. The maximum Gasteiger partial charge on any atom is 0.268 e. The van der Waals surface area contributed by atoms with Crippen LogP contribution in [0, 0.1) is 0 Å². The van der Waals surface area contributed by atoms with Gasteiger partial charge in [0.2, 0.25) is 5.91 Å². The van der Waals surface area contributed by atoms with Crippen LogP contribution in [0.3, 0.4) is 0 Å². The van der Waals surface area contributed by atoms with Crippen LogP contribution in [0.5, 0.6) is 0 Å². The van der Waals surface area contributed by atoms with Gasteiger partial charge in [0.25, 0.3) is 7.82 Å². The smallest absolute Gasteiger partial charge is 0.268 e. The molecule has 0 rings (SSSR count). The third-order valence-electron chi connectivity index (χ3n) is 15.4. The second-order valence-corrected chi connectivity index (χ2v) is 25.6. The van der Waals surface area contributed by atoms with Gasteiger partial charge in [-0.15, -0.1) is 0 Å². The van der Waals surface area contributed by atoms with Crippen molar-refractivity contribution in [3.05, 3.63) is 24.3 Å². The van der Waals surface area contributed by atoms with Crippen molar-refractivity contribution < 1.29 is 32.9 Å². The van der Waals surface area contributed by atoms with Crippen LogP contribution >= 0.6 is 7.82 Å². The fourth-order valence-corrected chi connectivity index (χ4v) is 11.0. The van der Waals surface area contributed by atoms with Crippen LogP contribution in [0.15, 0.2) is 24.3 Å². The first-order chi connectivity index (χ1) is 36.5. The minimum absolute atomic E-state index is 0.0140. The summed E-state index contributed by atoms with van der Waals surface area (Å²) < 4.78 is 23.5. The highest BCUT2D eigenvalue weighted by atomic mass is 31.2. The predicted octanol–water partition coefficient (Wildman–Crippen LogP) is 20.1. The number of phosphoric ester groups is 1. The molecule has 0 fully saturated rings. The van der Waals surface area contributed by atoms with E-state index in [1.807, 2.05) is 21.1 Å². The number of aliphatic hydroxyl groups is 1. The third-order valence-corrected chi connectivity index (χ3v) is 16.4. The molecular weight excluding hydrogens is 948 g/mol. The molecular formula is C66H131N2O6P. The van der Waals surface area contributed by atoms with Crippen LogP contribution in [0.4, 0.5) is 0 Å². The van der Waals surface area contributed by atoms with Gasteiger partial charge in [-0.2, -0.15) is 0 Å². The van der Waals surface area contributed by atoms with Crippen LogP contribution in [0.1, 0.15) is 341 Å². The van der Waals surface area contributed by atoms with Gasteiger partial charge < -0.3 is 28.8 Å². The molecule has 3 unspecified atom stereocenters. The molecule has 0 aliphatic rings. The van der Waals surface area contributed by atoms with E-state index in [1.54, 1.807) is 0 Å². The van der Waals surface area contributed by atoms with E-state index < -0.39 is 20.0 Å². The summed E-state index contributed by atoms with van der Waals surface area (Å²) in [6.07, 6.45) is 73.8. The number of hydrogen-bond donors (Lipinski definition) is 2. The van der Waals surface area contributed by atoms with Crippen molar-refractivity contribution in [1.82, 2.24) is 5.32 Å². The summed E-state index contributed by atoms with van der Waals surface area (Å²) in [6, 6.07) is -0.801. The van der Waals surface area contributed by atoms with Crippen LogP contribution < -0.4 is 10.2 Å². The lowest BCUT2D eigenvalue weighted by Crippen LogP contribution is -2.46. The first-order valence-electron chi connectivity index (χ1n) is 33.2. The van der Waals surface area contributed by atoms with E-state index in [4.69, 9.17) is 9.05 Å². The molecule has 446 valence electrons. The van der Waals surface area contributed by atoms with E-state index in [-0.39, 0.29) is 19.1 Å². The van der Waals surface area contributed by atoms with Crippen molar-refractivity contribution in [1.29, 1.82) is 0 Å². The van der Waals surface area contributed by atoms with Gasteiger partial charge >= 0.3 is 0 Å². The lowest BCUT2D eigenvalue weighted by Gasteiger charge is -2.30. The number of phosphoric acid groups is 1. The second kappa shape index (κ2) is 57.7. The Labute approximate surface area is 468 Å². The number of aliphatic hydroxyl groups excluding tert-OH is 1. The molecule has 0 bridgehead atoms. The zero-order valence-corrected chi connectivity index (χ0v) is 51.9. The van der Waals surface area contributed by atoms with Crippen LogP contribution in [-0.2, 0) is 18.4 Å². The first-order valence-corrected chi connectivity index (χ1v) is 34.6. The van der Waals surface area contributed by atoms with E-state index in [0.29, 0.717) is 23.9 Å². The minimum Gasteiger partial charge on any atom is -0.756 e. The summed E-state index contributed by atoms with van der Waals surface area (Å²) in [4.78, 5) is 25.6. The summed E-state index contributed by atoms with van der Waals surface area (Å²) >= 11 is 0. The van der Waals surface area contributed by atoms with E-state index in [2.05, 4.69) is 43.5 Å². The third kappa shape index (κ3) is 60.5. The van der Waals surface area contributed by atoms with E-state index in [1.165, 1.54) is 270 Å². The zero-order chi connectivity index (χ0) is 54.9. The molecule has 0 heterocycles. The molecule has 1 amide bonds. The van der Waals surface area contributed by atoms with Gasteiger partial charge in [0, 0.05) is 6.42 Å². The van der Waals surface area contributed by atoms with Crippen molar-refractivity contribution in [2.75, 3.05) is 40.9 Å². The van der Waals surface area contributed by atoms with Gasteiger partial charge in [-0.1, -0.05) is 314 Å². The minimum atomic E-state index is -4.58. The number of hydrogen-bond acceptors (Lipinski definition) is 6. The number of carbonyl (C=O) groups excluding carboxylic acids is 1. The number of carbonyl (C=O) groups is 1. The highest BCUT2D eigenvalue weighted by molar-refractivity contribution is 7.45. The monoisotopic (exact) mass is 1080 g/mol. The number of allylic oxidation sites excluding steroid dienone is 4. The Balaban J connectivity index is 4.05. The van der Waals surface area contributed by atoms with Gasteiger partial charge in [-0.25, -0.2) is 0 Å². The van der Waals surface area contributed by atoms with Gasteiger partial charge in [-0.05, 0) is 44.9 Å². The Morgan fingerprint density at radius 3 is 1.11 bits per heavy atom. The Morgan fingerprint density at radius 1 is 0.467 bits per heavy atom. The molecule has 9 heteroatoms. The fraction of sp³-hybridized carbons (Fsp3) is 0.924. The topological polar surface area (TPSA) is 108 Å². The molecule has 3 atom stereocenters. The van der Waals surface area contributed by atoms with E-state index in [0.717, 1.165) is 44.9 Å². The van der Waals surface area contributed by atoms with E-state index >= 15 is 0 Å². The molecule has 8 nitrogen and oxygen atoms in total. The van der Waals surface area contributed by atoms with Crippen LogP contribution in [0.25, 0.3) is 0 Å². The fourth-order valence-electron chi connectivity index (χ4n) is 10.3. The Hall–Kier alpha value is -1.02. The van der Waals surface area contributed by atoms with Crippen molar-refractivity contribution >= 4 is 13.7 Å². The summed E-state index contributed by atoms with van der Waals surface area (Å²) in [7, 11) is 1.32. The molecule has 0 saturated heterocycles. The van der Waals surface area contributed by atoms with Gasteiger partial charge in [0.1, 0.15) is 13.2 Å². The molecule has 0 radical (unpaired) electrons. The average molecular weight is 1080 g/mol. The summed E-state index contributed by atoms with van der Waals surface area (Å²) in [5.74, 6) is -0.160. The SMILES string of the molecule is CCCCCCC/C=C\C/C=C\CCCCCCCCCCCCCCCC(=O)NC(COP(=O)([O-])OCC[N+](C)(C)C)C(O)CCCCCCCCCCCCCCCCCCCCCCCCCCCCCC. The first kappa shape index (κ1) is 74.0. The van der Waals surface area contributed by atoms with Crippen molar-refractivity contribution in [3.63, 3.8) is 0 Å². The lowest BCUT2D eigenvalue weighted by atomic mass is 10.0. The quantitative estimate of drug-likeness (QED) is 0.0272. The van der Waals surface area contributed by atoms with Crippen LogP contribution in [-0.4, -0.2) is 68.5 Å². The standard InChI is InChI=1S/C66H131N2O6P/c1-6-8-10-12-14-16-18-20-22-24-26-28-30-32-33-34-36-37-39-41-43-45-47-49-51-53-55-57-59-65(69)64(63-74-75(71,72)73-62-61-68(3,4)5)67-66(70)60-58-56-54-52-50-48-46-44-42-40-38-35-31-29-27-25-23-21-19-17-15-13-11-9-7-2/h19,21,25,27,64-65,69H,6-18,20,22-24,26,28-63H2,1-5H3,(H-,67,70,71,72)/b21-19-,27-25-. The van der Waals surface area contributed by atoms with Gasteiger partial charge in [-0.3, -0.25) is 9.36 Å². The van der Waals surface area contributed by atoms with Crippen molar-refractivity contribution in [2.24, 2.45) is 0 Å². The summed E-state index contributed by atoms with van der Waals surface area (Å²) in [5, 5.41) is 14.1. The molecule has 2 N–H and O–H groups in total. The second-order valence-electron chi connectivity index (χ2n) is 24.2. The highest BCUT2D eigenvalue weighted by Gasteiger charge is 2.24. The lowest BCUT2D eigenvalue weighted by molar-refractivity contribution is -0.870. The maximum absolute atomic E-state index is 13.0. The van der Waals surface area contributed by atoms with E-state index in [9.17, 15) is 19.4 Å². The molecule has 0 aliphatic heterocycles. The molecule has 0 aliphatic carbocycles. The number of rotatable bonds is 62. The number of quaternary nitrogens is 1. The molecule has 75 heavy (non-hydrogen) atoms. The summed E-state index contributed by atoms with van der Waals surface area (Å²) in [6.45, 7) is 4.77. The number of nitrogens with zero attached hydrogens (tertiary/aromatic N) is 1. The number of amides is 1. The highest BCUT2D eigenvalue weighted by Crippen LogP contribution is 2.38. The Bertz CT molecular complexity index is 1270. The number of likely N-dealkylation sites (N-methyl/N-ethyl adjacent to an activating group) is 1. The summed E-state index contributed by atoms with van der Waals surface area (Å²) in [5.41, 5.74) is 0. The molecule has 0 saturated carbocycles. The molecule has 0 aromatic rings. The largest absolute Gasteiger partial charge is 0.756 e. The predicted molar refractivity (Wildman–Crippen MR) is 325 cm³/mol. The van der Waals surface area contributed by atoms with Gasteiger partial charge in [0.05, 0.1) is 39.9 Å².